The summed E-state index contributed by atoms with van der Waals surface area (Å²) in [5.74, 6) is 0.922. The van der Waals surface area contributed by atoms with Gasteiger partial charge < -0.3 is 10.2 Å². The molecule has 2 rings (SSSR count). The Bertz CT molecular complexity index is 318. The maximum atomic E-state index is 9.01. The van der Waals surface area contributed by atoms with Crippen LogP contribution in [0.25, 0.3) is 0 Å². The molecule has 1 unspecified atom stereocenters. The molecule has 3 heteroatoms. The molecular formula is C17H31N3. The maximum Gasteiger partial charge on any atom is 0.0683 e. The summed E-state index contributed by atoms with van der Waals surface area (Å²) in [6.07, 6.45) is 8.99. The molecule has 2 aliphatic heterocycles. The second-order valence-corrected chi connectivity index (χ2v) is 7.33. The lowest BCUT2D eigenvalue weighted by atomic mass is 9.88. The van der Waals surface area contributed by atoms with E-state index in [4.69, 9.17) is 5.26 Å². The zero-order valence-electron chi connectivity index (χ0n) is 13.3. The predicted octanol–water partition coefficient (Wildman–Crippen LogP) is 3.17. The highest BCUT2D eigenvalue weighted by atomic mass is 15.1. The van der Waals surface area contributed by atoms with Gasteiger partial charge in [0.15, 0.2) is 0 Å². The Morgan fingerprint density at radius 2 is 1.95 bits per heavy atom. The first-order valence-electron chi connectivity index (χ1n) is 8.48. The largest absolute Gasteiger partial charge is 0.314 e. The van der Waals surface area contributed by atoms with Crippen LogP contribution in [-0.2, 0) is 0 Å². The first kappa shape index (κ1) is 15.8. The minimum Gasteiger partial charge on any atom is -0.314 e. The summed E-state index contributed by atoms with van der Waals surface area (Å²) in [6.45, 7) is 9.13. The zero-order valence-corrected chi connectivity index (χ0v) is 13.3. The molecule has 20 heavy (non-hydrogen) atoms. The van der Waals surface area contributed by atoms with Crippen molar-refractivity contribution in [3.05, 3.63) is 0 Å². The minimum atomic E-state index is -0.138. The monoisotopic (exact) mass is 277 g/mol. The van der Waals surface area contributed by atoms with Crippen molar-refractivity contribution in [2.75, 3.05) is 26.2 Å². The number of unbranched alkanes of at least 4 members (excludes halogenated alkanes) is 1. The van der Waals surface area contributed by atoms with Crippen LogP contribution in [0.5, 0.6) is 0 Å². The standard InChI is InChI=1S/C17H31N3/c1-17(2,14-18)9-3-4-11-20-12-7-15(8-13-20)16-6-5-10-19-16/h15-16,19H,3-13H2,1-2H3. The van der Waals surface area contributed by atoms with Gasteiger partial charge in [0.25, 0.3) is 0 Å². The quantitative estimate of drug-likeness (QED) is 0.758. The average Bonchev–Trinajstić information content (AvgIpc) is 2.98. The van der Waals surface area contributed by atoms with Gasteiger partial charge in [-0.2, -0.15) is 5.26 Å². The van der Waals surface area contributed by atoms with Gasteiger partial charge in [-0.15, -0.1) is 0 Å². The van der Waals surface area contributed by atoms with Gasteiger partial charge in [0.05, 0.1) is 11.5 Å². The molecule has 3 nitrogen and oxygen atoms in total. The number of nitriles is 1. The third-order valence-electron chi connectivity index (χ3n) is 5.13. The van der Waals surface area contributed by atoms with E-state index in [9.17, 15) is 0 Å². The number of nitrogens with one attached hydrogen (secondary N) is 1. The van der Waals surface area contributed by atoms with Crippen molar-refractivity contribution in [1.29, 1.82) is 5.26 Å². The van der Waals surface area contributed by atoms with Gasteiger partial charge in [-0.3, -0.25) is 0 Å². The van der Waals surface area contributed by atoms with Crippen LogP contribution in [0.2, 0.25) is 0 Å². The molecule has 2 saturated heterocycles. The van der Waals surface area contributed by atoms with E-state index in [1.807, 2.05) is 13.8 Å². The summed E-state index contributed by atoms with van der Waals surface area (Å²) in [7, 11) is 0. The molecule has 0 spiro atoms. The van der Waals surface area contributed by atoms with Crippen LogP contribution in [0.1, 0.15) is 58.8 Å². The van der Waals surface area contributed by atoms with Crippen molar-refractivity contribution in [3.8, 4) is 6.07 Å². The Balaban J connectivity index is 1.57. The van der Waals surface area contributed by atoms with Gasteiger partial charge in [-0.05, 0) is 84.5 Å². The average molecular weight is 277 g/mol. The Hall–Kier alpha value is -0.590. The van der Waals surface area contributed by atoms with Crippen LogP contribution in [0.4, 0.5) is 0 Å². The van der Waals surface area contributed by atoms with Crippen molar-refractivity contribution in [2.24, 2.45) is 11.3 Å². The Kier molecular flexibility index (Phi) is 5.86. The molecule has 0 aliphatic carbocycles. The van der Waals surface area contributed by atoms with Crippen molar-refractivity contribution in [3.63, 3.8) is 0 Å². The lowest BCUT2D eigenvalue weighted by Crippen LogP contribution is -2.41. The number of likely N-dealkylation sites (tertiary alicyclic amines) is 1. The molecule has 2 heterocycles. The normalized spacial score (nSPS) is 25.8. The molecule has 0 bridgehead atoms. The van der Waals surface area contributed by atoms with E-state index in [1.165, 1.54) is 64.7 Å². The summed E-state index contributed by atoms with van der Waals surface area (Å²) in [5.41, 5.74) is -0.138. The highest BCUT2D eigenvalue weighted by Crippen LogP contribution is 2.26. The first-order chi connectivity index (χ1) is 9.61. The molecule has 0 aromatic rings. The van der Waals surface area contributed by atoms with Crippen LogP contribution >= 0.6 is 0 Å². The van der Waals surface area contributed by atoms with Crippen LogP contribution < -0.4 is 5.32 Å². The van der Waals surface area contributed by atoms with E-state index in [0.717, 1.165) is 18.4 Å². The second-order valence-electron chi connectivity index (χ2n) is 7.33. The van der Waals surface area contributed by atoms with Gasteiger partial charge in [0, 0.05) is 6.04 Å². The van der Waals surface area contributed by atoms with Crippen molar-refractivity contribution in [1.82, 2.24) is 10.2 Å². The van der Waals surface area contributed by atoms with Crippen LogP contribution in [0, 0.1) is 22.7 Å². The van der Waals surface area contributed by atoms with E-state index in [-0.39, 0.29) is 5.41 Å². The molecule has 0 radical (unpaired) electrons. The highest BCUT2D eigenvalue weighted by Gasteiger charge is 2.28. The molecule has 0 saturated carbocycles. The van der Waals surface area contributed by atoms with Crippen molar-refractivity contribution in [2.45, 2.75) is 64.8 Å². The molecule has 1 atom stereocenters. The molecule has 114 valence electrons. The number of piperidine rings is 1. The molecule has 0 amide bonds. The fourth-order valence-corrected chi connectivity index (χ4v) is 3.65. The summed E-state index contributed by atoms with van der Waals surface area (Å²) >= 11 is 0. The molecule has 2 aliphatic rings. The summed E-state index contributed by atoms with van der Waals surface area (Å²) in [5, 5.41) is 12.7. The molecule has 1 N–H and O–H groups in total. The number of hydrogen-bond acceptors (Lipinski definition) is 3. The lowest BCUT2D eigenvalue weighted by molar-refractivity contribution is 0.160. The Labute approximate surface area is 124 Å². The minimum absolute atomic E-state index is 0.138. The fourth-order valence-electron chi connectivity index (χ4n) is 3.65. The summed E-state index contributed by atoms with van der Waals surface area (Å²) < 4.78 is 0. The van der Waals surface area contributed by atoms with E-state index in [2.05, 4.69) is 16.3 Å². The fraction of sp³-hybridized carbons (Fsp3) is 0.941. The van der Waals surface area contributed by atoms with Crippen molar-refractivity contribution >= 4 is 0 Å². The summed E-state index contributed by atoms with van der Waals surface area (Å²) in [4.78, 5) is 2.63. The van der Waals surface area contributed by atoms with E-state index < -0.39 is 0 Å². The van der Waals surface area contributed by atoms with E-state index in [1.54, 1.807) is 0 Å². The lowest BCUT2D eigenvalue weighted by Gasteiger charge is -2.35. The Morgan fingerprint density at radius 1 is 1.20 bits per heavy atom. The van der Waals surface area contributed by atoms with Crippen LogP contribution in [0.3, 0.4) is 0 Å². The smallest absolute Gasteiger partial charge is 0.0683 e. The number of nitrogens with zero attached hydrogens (tertiary/aromatic N) is 2. The SMILES string of the molecule is CC(C)(C#N)CCCCN1CCC(C2CCCN2)CC1. The topological polar surface area (TPSA) is 39.1 Å². The van der Waals surface area contributed by atoms with Gasteiger partial charge in [0.2, 0.25) is 0 Å². The highest BCUT2D eigenvalue weighted by molar-refractivity contribution is 4.91. The molecular weight excluding hydrogens is 246 g/mol. The van der Waals surface area contributed by atoms with E-state index >= 15 is 0 Å². The van der Waals surface area contributed by atoms with Gasteiger partial charge in [-0.25, -0.2) is 0 Å². The number of rotatable bonds is 6. The van der Waals surface area contributed by atoms with Crippen LogP contribution in [0.15, 0.2) is 0 Å². The second kappa shape index (κ2) is 7.43. The molecule has 0 aromatic heterocycles. The first-order valence-corrected chi connectivity index (χ1v) is 8.48. The zero-order chi connectivity index (χ0) is 14.4. The maximum absolute atomic E-state index is 9.01. The van der Waals surface area contributed by atoms with Gasteiger partial charge >= 0.3 is 0 Å². The Morgan fingerprint density at radius 3 is 2.55 bits per heavy atom. The summed E-state index contributed by atoms with van der Waals surface area (Å²) in [6, 6.07) is 3.21. The third-order valence-corrected chi connectivity index (χ3v) is 5.13. The predicted molar refractivity (Wildman–Crippen MR) is 83.4 cm³/mol. The van der Waals surface area contributed by atoms with Crippen LogP contribution in [-0.4, -0.2) is 37.1 Å². The number of hydrogen-bond donors (Lipinski definition) is 1. The molecule has 0 aromatic carbocycles. The van der Waals surface area contributed by atoms with Crippen molar-refractivity contribution < 1.29 is 0 Å². The molecule has 2 fully saturated rings. The van der Waals surface area contributed by atoms with Gasteiger partial charge in [0.1, 0.15) is 0 Å². The third kappa shape index (κ3) is 4.75. The van der Waals surface area contributed by atoms with Gasteiger partial charge in [-0.1, -0.05) is 6.42 Å². The van der Waals surface area contributed by atoms with E-state index in [0.29, 0.717) is 0 Å².